The van der Waals surface area contributed by atoms with E-state index in [1.165, 1.54) is 20.0 Å². The Bertz CT molecular complexity index is 481. The van der Waals surface area contributed by atoms with Crippen LogP contribution in [0.5, 0.6) is 5.75 Å². The Balaban J connectivity index is 2.29. The molecule has 16 heavy (non-hydrogen) atoms. The summed E-state index contributed by atoms with van der Waals surface area (Å²) in [6.45, 7) is 0. The maximum atomic E-state index is 11.0. The summed E-state index contributed by atoms with van der Waals surface area (Å²) in [4.78, 5) is 0.277. The van der Waals surface area contributed by atoms with Crippen LogP contribution in [0.15, 0.2) is 23.1 Å². The van der Waals surface area contributed by atoms with Gasteiger partial charge in [0.15, 0.2) is 11.1 Å². The van der Waals surface area contributed by atoms with E-state index in [1.807, 2.05) is 0 Å². The van der Waals surface area contributed by atoms with Crippen molar-refractivity contribution in [1.82, 2.24) is 0 Å². The topological polar surface area (TPSA) is 46.5 Å². The van der Waals surface area contributed by atoms with Crippen LogP contribution in [-0.2, 0) is 11.1 Å². The molecule has 1 aromatic carbocycles. The third-order valence-corrected chi connectivity index (χ3v) is 3.06. The number of hydrogen-bond acceptors (Lipinski definition) is 2. The van der Waals surface area contributed by atoms with Gasteiger partial charge in [0.1, 0.15) is 10.6 Å². The van der Waals surface area contributed by atoms with Crippen molar-refractivity contribution in [3.63, 3.8) is 0 Å². The number of rotatable bonds is 2. The van der Waals surface area contributed by atoms with Crippen LogP contribution in [0.1, 0.15) is 18.4 Å². The SMILES string of the molecule is COc1cc(C#CC2CC2)ccc1S(=O)O. The Hall–Kier alpha value is -1.31. The summed E-state index contributed by atoms with van der Waals surface area (Å²) in [5.74, 6) is 7.11. The Morgan fingerprint density at radius 2 is 2.25 bits per heavy atom. The summed E-state index contributed by atoms with van der Waals surface area (Å²) in [5, 5.41) is 0. The van der Waals surface area contributed by atoms with Gasteiger partial charge in [-0.05, 0) is 31.0 Å². The molecule has 0 amide bonds. The molecule has 3 nitrogen and oxygen atoms in total. The first kappa shape index (κ1) is 11.2. The van der Waals surface area contributed by atoms with Crippen molar-refractivity contribution in [3.8, 4) is 17.6 Å². The number of ether oxygens (including phenoxy) is 1. The summed E-state index contributed by atoms with van der Waals surface area (Å²) in [6.07, 6.45) is 2.37. The molecule has 0 radical (unpaired) electrons. The Labute approximate surface area is 97.1 Å². The molecule has 1 saturated carbocycles. The van der Waals surface area contributed by atoms with Gasteiger partial charge in [-0.15, -0.1) is 0 Å². The molecule has 4 heteroatoms. The van der Waals surface area contributed by atoms with E-state index in [9.17, 15) is 4.21 Å². The van der Waals surface area contributed by atoms with Crippen LogP contribution >= 0.6 is 0 Å². The largest absolute Gasteiger partial charge is 0.495 e. The highest BCUT2D eigenvalue weighted by Gasteiger charge is 2.17. The number of methoxy groups -OCH3 is 1. The second-order valence-electron chi connectivity index (χ2n) is 3.66. The van der Waals surface area contributed by atoms with Crippen molar-refractivity contribution < 1.29 is 13.5 Å². The first-order chi connectivity index (χ1) is 7.70. The van der Waals surface area contributed by atoms with E-state index in [4.69, 9.17) is 9.29 Å². The molecular formula is C12H12O3S. The highest BCUT2D eigenvalue weighted by molar-refractivity contribution is 7.79. The van der Waals surface area contributed by atoms with Crippen molar-refractivity contribution in [2.24, 2.45) is 5.92 Å². The molecule has 0 aromatic heterocycles. The molecule has 1 atom stereocenters. The fourth-order valence-electron chi connectivity index (χ4n) is 1.30. The van der Waals surface area contributed by atoms with Gasteiger partial charge in [-0.25, -0.2) is 4.21 Å². The fraction of sp³-hybridized carbons (Fsp3) is 0.333. The van der Waals surface area contributed by atoms with Crippen molar-refractivity contribution in [2.75, 3.05) is 7.11 Å². The van der Waals surface area contributed by atoms with Gasteiger partial charge in [0.05, 0.1) is 7.11 Å². The summed E-state index contributed by atoms with van der Waals surface area (Å²) in [5.41, 5.74) is 0.818. The van der Waals surface area contributed by atoms with E-state index in [-0.39, 0.29) is 4.90 Å². The maximum absolute atomic E-state index is 11.0. The van der Waals surface area contributed by atoms with Crippen molar-refractivity contribution in [1.29, 1.82) is 0 Å². The Morgan fingerprint density at radius 1 is 1.50 bits per heavy atom. The standard InChI is InChI=1S/C12H12O3S/c1-15-11-8-10(5-4-9-2-3-9)6-7-12(11)16(13)14/h6-9H,2-3H2,1H3,(H,13,14). The van der Waals surface area contributed by atoms with Gasteiger partial charge >= 0.3 is 0 Å². The van der Waals surface area contributed by atoms with Crippen LogP contribution in [0.2, 0.25) is 0 Å². The molecule has 1 fully saturated rings. The molecule has 84 valence electrons. The molecule has 1 N–H and O–H groups in total. The van der Waals surface area contributed by atoms with Crippen LogP contribution in [-0.4, -0.2) is 15.9 Å². The van der Waals surface area contributed by atoms with Crippen molar-refractivity contribution in [3.05, 3.63) is 23.8 Å². The van der Waals surface area contributed by atoms with Gasteiger partial charge in [-0.1, -0.05) is 11.8 Å². The molecule has 0 spiro atoms. The Morgan fingerprint density at radius 3 is 2.81 bits per heavy atom. The predicted molar refractivity (Wildman–Crippen MR) is 61.6 cm³/mol. The molecule has 0 saturated heterocycles. The molecular weight excluding hydrogens is 224 g/mol. The highest BCUT2D eigenvalue weighted by Crippen LogP contribution is 2.28. The molecule has 0 bridgehead atoms. The van der Waals surface area contributed by atoms with Crippen LogP contribution in [0, 0.1) is 17.8 Å². The van der Waals surface area contributed by atoms with E-state index >= 15 is 0 Å². The molecule has 0 aliphatic heterocycles. The summed E-state index contributed by atoms with van der Waals surface area (Å²) < 4.78 is 25.0. The summed E-state index contributed by atoms with van der Waals surface area (Å²) >= 11 is -2.02. The summed E-state index contributed by atoms with van der Waals surface area (Å²) in [6, 6.07) is 5.01. The van der Waals surface area contributed by atoms with E-state index in [2.05, 4.69) is 11.8 Å². The minimum Gasteiger partial charge on any atom is -0.495 e. The zero-order chi connectivity index (χ0) is 11.5. The van der Waals surface area contributed by atoms with Gasteiger partial charge in [0.2, 0.25) is 0 Å². The zero-order valence-corrected chi connectivity index (χ0v) is 9.71. The van der Waals surface area contributed by atoms with Crippen LogP contribution in [0.4, 0.5) is 0 Å². The summed E-state index contributed by atoms with van der Waals surface area (Å²) in [7, 11) is 1.48. The van der Waals surface area contributed by atoms with Gasteiger partial charge in [-0.2, -0.15) is 0 Å². The first-order valence-corrected chi connectivity index (χ1v) is 6.12. The molecule has 2 rings (SSSR count). The average molecular weight is 236 g/mol. The lowest BCUT2D eigenvalue weighted by Gasteiger charge is -2.04. The minimum absolute atomic E-state index is 0.277. The average Bonchev–Trinajstić information content (AvgIpc) is 3.09. The number of hydrogen-bond donors (Lipinski definition) is 1. The van der Waals surface area contributed by atoms with Crippen LogP contribution in [0.3, 0.4) is 0 Å². The van der Waals surface area contributed by atoms with Gasteiger partial charge in [-0.3, -0.25) is 0 Å². The van der Waals surface area contributed by atoms with Gasteiger partial charge < -0.3 is 9.29 Å². The van der Waals surface area contributed by atoms with Crippen molar-refractivity contribution in [2.45, 2.75) is 17.7 Å². The molecule has 0 heterocycles. The molecule has 1 unspecified atom stereocenters. The second-order valence-corrected chi connectivity index (χ2v) is 4.60. The van der Waals surface area contributed by atoms with Crippen molar-refractivity contribution >= 4 is 11.1 Å². The normalized spacial score (nSPS) is 16.1. The quantitative estimate of drug-likeness (QED) is 0.631. The number of benzene rings is 1. The second kappa shape index (κ2) is 4.69. The monoisotopic (exact) mass is 236 g/mol. The fourth-order valence-corrected chi connectivity index (χ4v) is 1.80. The molecule has 1 aromatic rings. The van der Waals surface area contributed by atoms with Crippen LogP contribution in [0.25, 0.3) is 0 Å². The lowest BCUT2D eigenvalue weighted by Crippen LogP contribution is -1.95. The van der Waals surface area contributed by atoms with Gasteiger partial charge in [0.25, 0.3) is 0 Å². The maximum Gasteiger partial charge on any atom is 0.190 e. The Kier molecular flexibility index (Phi) is 3.28. The first-order valence-electron chi connectivity index (χ1n) is 5.01. The minimum atomic E-state index is -2.02. The highest BCUT2D eigenvalue weighted by atomic mass is 32.2. The smallest absolute Gasteiger partial charge is 0.190 e. The van der Waals surface area contributed by atoms with E-state index in [0.717, 1.165) is 5.56 Å². The van der Waals surface area contributed by atoms with Gasteiger partial charge in [0, 0.05) is 11.5 Å². The van der Waals surface area contributed by atoms with E-state index < -0.39 is 11.1 Å². The third-order valence-electron chi connectivity index (χ3n) is 2.35. The lowest BCUT2D eigenvalue weighted by atomic mass is 10.2. The van der Waals surface area contributed by atoms with E-state index in [1.54, 1.807) is 18.2 Å². The van der Waals surface area contributed by atoms with Crippen LogP contribution < -0.4 is 4.74 Å². The van der Waals surface area contributed by atoms with E-state index in [0.29, 0.717) is 11.7 Å². The molecule has 1 aliphatic carbocycles. The molecule has 1 aliphatic rings. The zero-order valence-electron chi connectivity index (χ0n) is 8.90. The predicted octanol–water partition coefficient (Wildman–Crippen LogP) is 2.04. The third kappa shape index (κ3) is 2.63. The lowest BCUT2D eigenvalue weighted by molar-refractivity contribution is 0.402.